The fraction of sp³-hybridized carbons (Fsp3) is 0.0870. The molecule has 4 nitrogen and oxygen atoms in total. The highest BCUT2D eigenvalue weighted by atomic mass is 32.1. The van der Waals surface area contributed by atoms with Gasteiger partial charge >= 0.3 is 0 Å². The van der Waals surface area contributed by atoms with Crippen molar-refractivity contribution in [3.63, 3.8) is 0 Å². The van der Waals surface area contributed by atoms with Crippen LogP contribution in [0.2, 0.25) is 0 Å². The second-order valence-electron chi connectivity index (χ2n) is 6.61. The Morgan fingerprint density at radius 3 is 2.14 bits per heavy atom. The number of benzene rings is 3. The number of hydrogen-bond acceptors (Lipinski definition) is 3. The first-order valence-corrected chi connectivity index (χ1v) is 9.44. The highest BCUT2D eigenvalue weighted by molar-refractivity contribution is 7.80. The molecule has 0 aliphatic carbocycles. The van der Waals surface area contributed by atoms with Crippen molar-refractivity contribution in [2.75, 3.05) is 4.90 Å². The maximum atomic E-state index is 13.3. The van der Waals surface area contributed by atoms with Crippen molar-refractivity contribution in [2.45, 2.75) is 13.0 Å². The van der Waals surface area contributed by atoms with Gasteiger partial charge in [-0.2, -0.15) is 10.1 Å². The molecule has 1 aliphatic rings. The van der Waals surface area contributed by atoms with Gasteiger partial charge in [-0.15, -0.1) is 0 Å². The molecule has 0 bridgehead atoms. The number of thiocarbonyl (C=S) groups is 1. The summed E-state index contributed by atoms with van der Waals surface area (Å²) in [6.45, 7) is 2.03. The molecule has 0 radical (unpaired) electrons. The predicted octanol–water partition coefficient (Wildman–Crippen LogP) is 4.70. The van der Waals surface area contributed by atoms with Gasteiger partial charge < -0.3 is 4.90 Å². The maximum absolute atomic E-state index is 13.3. The van der Waals surface area contributed by atoms with Crippen LogP contribution in [0.1, 0.15) is 22.7 Å². The van der Waals surface area contributed by atoms with Crippen LogP contribution in [0.3, 0.4) is 0 Å². The van der Waals surface area contributed by atoms with Crippen LogP contribution in [0, 0.1) is 6.92 Å². The number of anilines is 1. The summed E-state index contributed by atoms with van der Waals surface area (Å²) >= 11 is 5.66. The Hall–Kier alpha value is -3.31. The molecule has 3 aromatic rings. The quantitative estimate of drug-likeness (QED) is 0.482. The van der Waals surface area contributed by atoms with E-state index in [0.717, 1.165) is 22.4 Å². The molecule has 28 heavy (non-hydrogen) atoms. The smallest absolute Gasteiger partial charge is 0.277 e. The molecule has 4 rings (SSSR count). The van der Waals surface area contributed by atoms with Crippen molar-refractivity contribution in [2.24, 2.45) is 5.10 Å². The van der Waals surface area contributed by atoms with Gasteiger partial charge in [0.15, 0.2) is 0 Å². The molecule has 1 unspecified atom stereocenters. The van der Waals surface area contributed by atoms with Crippen molar-refractivity contribution >= 4 is 35.1 Å². The van der Waals surface area contributed by atoms with Crippen molar-refractivity contribution in [3.8, 4) is 0 Å². The second kappa shape index (κ2) is 7.74. The first-order valence-electron chi connectivity index (χ1n) is 9.03. The van der Waals surface area contributed by atoms with Gasteiger partial charge in [-0.25, -0.2) is 0 Å². The molecule has 1 atom stereocenters. The summed E-state index contributed by atoms with van der Waals surface area (Å²) in [7, 11) is 0. The van der Waals surface area contributed by atoms with Crippen molar-refractivity contribution < 1.29 is 4.79 Å². The third-order valence-electron chi connectivity index (χ3n) is 4.64. The number of nitrogens with zero attached hydrogens (tertiary/aromatic N) is 3. The molecule has 3 aromatic carbocycles. The standard InChI is InChI=1S/C23H19N3OS/c1-17-12-14-20(15-13-17)25-21(19-10-6-3-7-11-19)22(27)26(23(25)28)24-16-18-8-4-2-5-9-18/h2-16,21H,1H3/b24-16+. The zero-order chi connectivity index (χ0) is 19.5. The minimum atomic E-state index is -0.538. The number of carbonyl (C=O) groups excluding carboxylic acids is 1. The van der Waals surface area contributed by atoms with E-state index in [1.54, 1.807) is 6.21 Å². The molecular weight excluding hydrogens is 366 g/mol. The fourth-order valence-corrected chi connectivity index (χ4v) is 3.54. The van der Waals surface area contributed by atoms with Gasteiger partial charge in [0, 0.05) is 5.69 Å². The Balaban J connectivity index is 1.74. The summed E-state index contributed by atoms with van der Waals surface area (Å²) in [5, 5.41) is 6.09. The topological polar surface area (TPSA) is 35.9 Å². The predicted molar refractivity (Wildman–Crippen MR) is 116 cm³/mol. The Morgan fingerprint density at radius 2 is 1.50 bits per heavy atom. The lowest BCUT2D eigenvalue weighted by atomic mass is 10.1. The van der Waals surface area contributed by atoms with Gasteiger partial charge in [0.25, 0.3) is 5.91 Å². The van der Waals surface area contributed by atoms with E-state index in [4.69, 9.17) is 12.2 Å². The van der Waals surface area contributed by atoms with Gasteiger partial charge in [-0.05, 0) is 42.4 Å². The average Bonchev–Trinajstić information content (AvgIpc) is 2.98. The molecule has 0 N–H and O–H groups in total. The van der Waals surface area contributed by atoms with Crippen molar-refractivity contribution in [3.05, 3.63) is 102 Å². The van der Waals surface area contributed by atoms with E-state index in [1.165, 1.54) is 5.01 Å². The second-order valence-corrected chi connectivity index (χ2v) is 6.97. The SMILES string of the molecule is Cc1ccc(N2C(=S)N(/N=C/c3ccccc3)C(=O)C2c2ccccc2)cc1. The molecular formula is C23H19N3OS. The summed E-state index contributed by atoms with van der Waals surface area (Å²) in [6.07, 6.45) is 1.66. The fourth-order valence-electron chi connectivity index (χ4n) is 3.19. The lowest BCUT2D eigenvalue weighted by Crippen LogP contribution is -2.30. The number of amides is 1. The molecule has 1 aliphatic heterocycles. The van der Waals surface area contributed by atoms with Gasteiger partial charge in [0.1, 0.15) is 6.04 Å². The van der Waals surface area contributed by atoms with Crippen molar-refractivity contribution in [1.29, 1.82) is 0 Å². The summed E-state index contributed by atoms with van der Waals surface area (Å²) in [5.74, 6) is -0.163. The van der Waals surface area contributed by atoms with E-state index in [0.29, 0.717) is 5.11 Å². The number of hydrazone groups is 1. The van der Waals surface area contributed by atoms with Crippen molar-refractivity contribution in [1.82, 2.24) is 5.01 Å². The number of hydrogen-bond donors (Lipinski definition) is 0. The van der Waals surface area contributed by atoms with Crippen LogP contribution in [0.15, 0.2) is 90.0 Å². The normalized spacial score (nSPS) is 17.0. The Labute approximate surface area is 169 Å². The van der Waals surface area contributed by atoms with E-state index in [9.17, 15) is 4.79 Å². The molecule has 5 heteroatoms. The van der Waals surface area contributed by atoms with E-state index in [-0.39, 0.29) is 5.91 Å². The summed E-state index contributed by atoms with van der Waals surface area (Å²) < 4.78 is 0. The van der Waals surface area contributed by atoms with Crippen LogP contribution in [-0.4, -0.2) is 22.2 Å². The summed E-state index contributed by atoms with van der Waals surface area (Å²) in [6, 6.07) is 26.8. The van der Waals surface area contributed by atoms with Crippen LogP contribution >= 0.6 is 12.2 Å². The molecule has 1 heterocycles. The largest absolute Gasteiger partial charge is 0.300 e. The van der Waals surface area contributed by atoms with E-state index in [2.05, 4.69) is 5.10 Å². The minimum absolute atomic E-state index is 0.163. The third kappa shape index (κ3) is 3.44. The lowest BCUT2D eigenvalue weighted by Gasteiger charge is -2.23. The van der Waals surface area contributed by atoms with Crippen LogP contribution in [0.4, 0.5) is 5.69 Å². The molecule has 0 saturated carbocycles. The first-order chi connectivity index (χ1) is 13.6. The Kier molecular flexibility index (Phi) is 5.00. The van der Waals surface area contributed by atoms with Gasteiger partial charge in [0.05, 0.1) is 6.21 Å². The number of rotatable bonds is 4. The zero-order valence-electron chi connectivity index (χ0n) is 15.4. The highest BCUT2D eigenvalue weighted by Gasteiger charge is 2.44. The molecule has 0 aromatic heterocycles. The van der Waals surface area contributed by atoms with Crippen LogP contribution < -0.4 is 4.90 Å². The van der Waals surface area contributed by atoms with Crippen LogP contribution in [0.5, 0.6) is 0 Å². The van der Waals surface area contributed by atoms with E-state index < -0.39 is 6.04 Å². The Morgan fingerprint density at radius 1 is 0.893 bits per heavy atom. The summed E-state index contributed by atoms with van der Waals surface area (Å²) in [4.78, 5) is 15.1. The molecule has 1 amide bonds. The molecule has 1 fully saturated rings. The number of carbonyl (C=O) groups is 1. The summed E-state index contributed by atoms with van der Waals surface area (Å²) in [5.41, 5.74) is 3.81. The molecule has 138 valence electrons. The third-order valence-corrected chi connectivity index (χ3v) is 5.01. The minimum Gasteiger partial charge on any atom is -0.300 e. The number of aryl methyl sites for hydroxylation is 1. The van der Waals surface area contributed by atoms with E-state index >= 15 is 0 Å². The van der Waals surface area contributed by atoms with Crippen LogP contribution in [0.25, 0.3) is 0 Å². The molecule has 1 saturated heterocycles. The average molecular weight is 385 g/mol. The molecule has 0 spiro atoms. The van der Waals surface area contributed by atoms with Crippen LogP contribution in [-0.2, 0) is 4.79 Å². The van der Waals surface area contributed by atoms with E-state index in [1.807, 2.05) is 96.8 Å². The first kappa shape index (κ1) is 18.1. The lowest BCUT2D eigenvalue weighted by molar-refractivity contribution is -0.126. The Bertz CT molecular complexity index is 1020. The van der Waals surface area contributed by atoms with Gasteiger partial charge in [0.2, 0.25) is 5.11 Å². The van der Waals surface area contributed by atoms with Gasteiger partial charge in [-0.1, -0.05) is 78.4 Å². The van der Waals surface area contributed by atoms with Gasteiger partial charge in [-0.3, -0.25) is 4.79 Å². The highest BCUT2D eigenvalue weighted by Crippen LogP contribution is 2.36. The monoisotopic (exact) mass is 385 g/mol. The maximum Gasteiger partial charge on any atom is 0.277 e. The zero-order valence-corrected chi connectivity index (χ0v) is 16.2.